The molecule has 0 atom stereocenters. The molecule has 5 rings (SSSR count). The molecule has 0 bridgehead atoms. The molecule has 0 saturated heterocycles. The van der Waals surface area contributed by atoms with Crippen molar-refractivity contribution in [3.63, 3.8) is 0 Å². The van der Waals surface area contributed by atoms with Gasteiger partial charge in [-0.25, -0.2) is 9.97 Å². The largest absolute Gasteiger partial charge is 0.493 e. The van der Waals surface area contributed by atoms with Crippen LogP contribution in [-0.4, -0.2) is 42.1 Å². The average molecular weight is 505 g/mol. The van der Waals surface area contributed by atoms with E-state index < -0.39 is 0 Å². The maximum atomic E-state index is 5.89. The van der Waals surface area contributed by atoms with E-state index in [0.29, 0.717) is 47.5 Å². The van der Waals surface area contributed by atoms with Gasteiger partial charge in [0, 0.05) is 23.8 Å². The van der Waals surface area contributed by atoms with Gasteiger partial charge in [-0.15, -0.1) is 24.8 Å². The summed E-state index contributed by atoms with van der Waals surface area (Å²) >= 11 is 0. The van der Waals surface area contributed by atoms with Crippen molar-refractivity contribution in [2.75, 3.05) is 32.4 Å². The third-order valence-corrected chi connectivity index (χ3v) is 4.83. The topological polar surface area (TPSA) is 96.9 Å². The molecule has 3 heterocycles. The van der Waals surface area contributed by atoms with Gasteiger partial charge in [-0.1, -0.05) is 6.07 Å². The number of ether oxygens (including phenoxy) is 5. The number of hydrogen-bond donors (Lipinski definition) is 1. The number of benzene rings is 2. The molecule has 1 aliphatic heterocycles. The molecular formula is C23H22Cl2N4O5. The lowest BCUT2D eigenvalue weighted by Gasteiger charge is -2.14. The molecule has 178 valence electrons. The van der Waals surface area contributed by atoms with Crippen LogP contribution >= 0.6 is 24.8 Å². The SMILES string of the molecule is COc1cc2c(Nc3cccc4c3OCO4)ncnc2cc1OCCOc1ccncc1.Cl.Cl. The Morgan fingerprint density at radius 1 is 0.941 bits per heavy atom. The summed E-state index contributed by atoms with van der Waals surface area (Å²) in [6, 6.07) is 12.9. The van der Waals surface area contributed by atoms with Crippen molar-refractivity contribution < 1.29 is 23.7 Å². The first-order valence-electron chi connectivity index (χ1n) is 9.96. The number of halogens is 2. The van der Waals surface area contributed by atoms with Gasteiger partial charge in [0.1, 0.15) is 31.1 Å². The summed E-state index contributed by atoms with van der Waals surface area (Å²) in [7, 11) is 1.59. The Hall–Kier alpha value is -3.69. The highest BCUT2D eigenvalue weighted by atomic mass is 35.5. The molecule has 0 aliphatic carbocycles. The van der Waals surface area contributed by atoms with Gasteiger partial charge in [0.15, 0.2) is 23.0 Å². The van der Waals surface area contributed by atoms with Gasteiger partial charge >= 0.3 is 0 Å². The minimum absolute atomic E-state index is 0. The van der Waals surface area contributed by atoms with Crippen molar-refractivity contribution in [2.24, 2.45) is 0 Å². The van der Waals surface area contributed by atoms with E-state index in [1.807, 2.05) is 30.3 Å². The van der Waals surface area contributed by atoms with Crippen LogP contribution in [0.5, 0.6) is 28.7 Å². The fourth-order valence-corrected chi connectivity index (χ4v) is 3.34. The molecule has 9 nitrogen and oxygen atoms in total. The van der Waals surface area contributed by atoms with Crippen molar-refractivity contribution in [3.8, 4) is 28.7 Å². The van der Waals surface area contributed by atoms with Crippen molar-refractivity contribution in [1.82, 2.24) is 15.0 Å². The quantitative estimate of drug-likeness (QED) is 0.339. The lowest BCUT2D eigenvalue weighted by atomic mass is 10.2. The Labute approximate surface area is 208 Å². The van der Waals surface area contributed by atoms with E-state index >= 15 is 0 Å². The van der Waals surface area contributed by atoms with Gasteiger partial charge in [-0.3, -0.25) is 4.98 Å². The first-order valence-corrected chi connectivity index (χ1v) is 9.96. The molecule has 2 aromatic carbocycles. The zero-order valence-electron chi connectivity index (χ0n) is 18.1. The Kier molecular flexibility index (Phi) is 8.39. The number of rotatable bonds is 8. The number of fused-ring (bicyclic) bond motifs is 2. The normalized spacial score (nSPS) is 11.2. The molecule has 34 heavy (non-hydrogen) atoms. The molecule has 0 amide bonds. The monoisotopic (exact) mass is 504 g/mol. The second kappa shape index (κ2) is 11.4. The highest BCUT2D eigenvalue weighted by Gasteiger charge is 2.19. The van der Waals surface area contributed by atoms with Crippen LogP contribution in [0.25, 0.3) is 10.9 Å². The van der Waals surface area contributed by atoms with Crippen LogP contribution in [0, 0.1) is 0 Å². The first-order chi connectivity index (χ1) is 15.8. The number of aromatic nitrogens is 3. The minimum Gasteiger partial charge on any atom is -0.493 e. The highest BCUT2D eigenvalue weighted by Crippen LogP contribution is 2.41. The van der Waals surface area contributed by atoms with Gasteiger partial charge in [-0.2, -0.15) is 0 Å². The van der Waals surface area contributed by atoms with Gasteiger partial charge in [0.2, 0.25) is 6.79 Å². The molecule has 11 heteroatoms. The maximum absolute atomic E-state index is 5.89. The predicted molar refractivity (Wildman–Crippen MR) is 132 cm³/mol. The standard InChI is InChI=1S/C23H20N4O5.2ClH/c1-28-20-11-16-18(12-21(20)30-10-9-29-15-5-7-24-8-6-15)25-13-26-23(16)27-17-3-2-4-19-22(17)32-14-31-19;;/h2-8,11-13H,9-10,14H2,1H3,(H,25,26,27);2*1H. The van der Waals surface area contributed by atoms with Crippen molar-refractivity contribution in [2.45, 2.75) is 0 Å². The summed E-state index contributed by atoms with van der Waals surface area (Å²) in [6.45, 7) is 0.911. The van der Waals surface area contributed by atoms with Crippen LogP contribution in [0.4, 0.5) is 11.5 Å². The number of nitrogens with zero attached hydrogens (tertiary/aromatic N) is 3. The van der Waals surface area contributed by atoms with Gasteiger partial charge < -0.3 is 29.0 Å². The molecule has 0 fully saturated rings. The van der Waals surface area contributed by atoms with E-state index in [2.05, 4.69) is 20.3 Å². The van der Waals surface area contributed by atoms with Gasteiger partial charge in [0.25, 0.3) is 0 Å². The zero-order chi connectivity index (χ0) is 21.8. The number of hydrogen-bond acceptors (Lipinski definition) is 9. The van der Waals surface area contributed by atoms with Crippen molar-refractivity contribution >= 4 is 47.2 Å². The summed E-state index contributed by atoms with van der Waals surface area (Å²) in [5.41, 5.74) is 1.46. The zero-order valence-corrected chi connectivity index (χ0v) is 19.7. The lowest BCUT2D eigenvalue weighted by molar-refractivity contribution is 0.174. The molecule has 1 aliphatic rings. The number of para-hydroxylation sites is 1. The third-order valence-electron chi connectivity index (χ3n) is 4.83. The summed E-state index contributed by atoms with van der Waals surface area (Å²) in [6.07, 6.45) is 4.85. The summed E-state index contributed by atoms with van der Waals surface area (Å²) in [5.74, 6) is 3.83. The molecule has 1 N–H and O–H groups in total. The van der Waals surface area contributed by atoms with Crippen LogP contribution < -0.4 is 29.0 Å². The fourth-order valence-electron chi connectivity index (χ4n) is 3.34. The van der Waals surface area contributed by atoms with Crippen molar-refractivity contribution in [3.05, 3.63) is 61.2 Å². The number of anilines is 2. The molecular weight excluding hydrogens is 483 g/mol. The predicted octanol–water partition coefficient (Wildman–Crippen LogP) is 4.81. The Bertz CT molecular complexity index is 1250. The average Bonchev–Trinajstić information content (AvgIpc) is 3.32. The van der Waals surface area contributed by atoms with Gasteiger partial charge in [-0.05, 0) is 30.3 Å². The second-order valence-corrected chi connectivity index (χ2v) is 6.79. The third kappa shape index (κ3) is 5.27. The van der Waals surface area contributed by atoms with Crippen LogP contribution in [0.3, 0.4) is 0 Å². The minimum atomic E-state index is 0. The fraction of sp³-hybridized carbons (Fsp3) is 0.174. The van der Waals surface area contributed by atoms with Crippen LogP contribution in [0.15, 0.2) is 61.2 Å². The summed E-state index contributed by atoms with van der Waals surface area (Å²) in [5, 5.41) is 4.09. The Morgan fingerprint density at radius 3 is 2.59 bits per heavy atom. The number of methoxy groups -OCH3 is 1. The van der Waals surface area contributed by atoms with Crippen LogP contribution in [0.2, 0.25) is 0 Å². The smallest absolute Gasteiger partial charge is 0.231 e. The summed E-state index contributed by atoms with van der Waals surface area (Å²) < 4.78 is 28.1. The van der Waals surface area contributed by atoms with E-state index in [4.69, 9.17) is 23.7 Å². The number of nitrogens with one attached hydrogen (secondary N) is 1. The number of pyridine rings is 1. The lowest BCUT2D eigenvalue weighted by Crippen LogP contribution is -2.09. The molecule has 0 radical (unpaired) electrons. The second-order valence-electron chi connectivity index (χ2n) is 6.79. The van der Waals surface area contributed by atoms with E-state index in [1.54, 1.807) is 31.6 Å². The first kappa shape index (κ1) is 24.9. The van der Waals surface area contributed by atoms with E-state index in [1.165, 1.54) is 6.33 Å². The molecule has 2 aromatic heterocycles. The van der Waals surface area contributed by atoms with E-state index in [0.717, 1.165) is 16.8 Å². The van der Waals surface area contributed by atoms with E-state index in [-0.39, 0.29) is 31.6 Å². The molecule has 0 unspecified atom stereocenters. The molecule has 0 spiro atoms. The van der Waals surface area contributed by atoms with Crippen molar-refractivity contribution in [1.29, 1.82) is 0 Å². The molecule has 0 saturated carbocycles. The Balaban J connectivity index is 0.00000162. The van der Waals surface area contributed by atoms with Crippen LogP contribution in [-0.2, 0) is 0 Å². The summed E-state index contributed by atoms with van der Waals surface area (Å²) in [4.78, 5) is 12.8. The van der Waals surface area contributed by atoms with E-state index in [9.17, 15) is 0 Å². The van der Waals surface area contributed by atoms with Gasteiger partial charge in [0.05, 0.1) is 18.3 Å². The van der Waals surface area contributed by atoms with Crippen LogP contribution in [0.1, 0.15) is 0 Å². The molecule has 4 aromatic rings. The maximum Gasteiger partial charge on any atom is 0.231 e. The highest BCUT2D eigenvalue weighted by molar-refractivity contribution is 5.93. The Morgan fingerprint density at radius 2 is 1.76 bits per heavy atom.